The topological polar surface area (TPSA) is 87.0 Å². The molecule has 0 spiro atoms. The van der Waals surface area contributed by atoms with Crippen molar-refractivity contribution >= 4 is 32.1 Å². The standard InChI is InChI=1S/C24H22N2O3S2/c1-31(28,29)18-12-13-19-20(15-25)24(30-21(19)14-18)26-23(27)22(16-8-4-2-5-9-16)17-10-6-3-7-11-17/h2-11,18,22H,12-14H2,1H3,(H,26,27). The van der Waals surface area contributed by atoms with Crippen LogP contribution in [0.5, 0.6) is 0 Å². The summed E-state index contributed by atoms with van der Waals surface area (Å²) in [5, 5.41) is 12.8. The minimum Gasteiger partial charge on any atom is -0.316 e. The van der Waals surface area contributed by atoms with Gasteiger partial charge >= 0.3 is 0 Å². The smallest absolute Gasteiger partial charge is 0.237 e. The molecule has 3 aromatic rings. The summed E-state index contributed by atoms with van der Waals surface area (Å²) in [4.78, 5) is 14.3. The fourth-order valence-corrected chi connectivity index (χ4v) is 6.50. The van der Waals surface area contributed by atoms with E-state index in [2.05, 4.69) is 11.4 Å². The van der Waals surface area contributed by atoms with Crippen LogP contribution in [0, 0.1) is 11.3 Å². The molecule has 1 heterocycles. The van der Waals surface area contributed by atoms with Crippen LogP contribution in [0.1, 0.15) is 39.5 Å². The lowest BCUT2D eigenvalue weighted by molar-refractivity contribution is -0.116. The molecule has 158 valence electrons. The van der Waals surface area contributed by atoms with Crippen LogP contribution in [0.3, 0.4) is 0 Å². The summed E-state index contributed by atoms with van der Waals surface area (Å²) in [6.45, 7) is 0. The summed E-state index contributed by atoms with van der Waals surface area (Å²) < 4.78 is 24.0. The number of carbonyl (C=O) groups is 1. The van der Waals surface area contributed by atoms with E-state index in [9.17, 15) is 18.5 Å². The highest BCUT2D eigenvalue weighted by molar-refractivity contribution is 7.91. The molecule has 31 heavy (non-hydrogen) atoms. The number of fused-ring (bicyclic) bond motifs is 1. The van der Waals surface area contributed by atoms with Gasteiger partial charge in [-0.1, -0.05) is 60.7 Å². The number of sulfone groups is 1. The van der Waals surface area contributed by atoms with Gasteiger partial charge in [0.1, 0.15) is 11.1 Å². The Hall–Kier alpha value is -2.95. The number of nitrogens with one attached hydrogen (secondary N) is 1. The zero-order valence-electron chi connectivity index (χ0n) is 17.0. The van der Waals surface area contributed by atoms with Crippen LogP contribution in [0.15, 0.2) is 60.7 Å². The molecule has 1 atom stereocenters. The van der Waals surface area contributed by atoms with Crippen LogP contribution in [0.2, 0.25) is 0 Å². The summed E-state index contributed by atoms with van der Waals surface area (Å²) in [5.41, 5.74) is 3.06. The summed E-state index contributed by atoms with van der Waals surface area (Å²) in [7, 11) is -3.15. The van der Waals surface area contributed by atoms with E-state index in [0.717, 1.165) is 21.6 Å². The monoisotopic (exact) mass is 450 g/mol. The van der Waals surface area contributed by atoms with Crippen LogP contribution in [0.4, 0.5) is 5.00 Å². The second kappa shape index (κ2) is 8.66. The predicted octanol–water partition coefficient (Wildman–Crippen LogP) is 4.29. The van der Waals surface area contributed by atoms with Crippen molar-refractivity contribution in [3.8, 4) is 6.07 Å². The second-order valence-corrected chi connectivity index (χ2v) is 11.2. The Morgan fingerprint density at radius 2 is 1.68 bits per heavy atom. The molecule has 0 saturated heterocycles. The molecule has 0 fully saturated rings. The summed E-state index contributed by atoms with van der Waals surface area (Å²) >= 11 is 1.32. The van der Waals surface area contributed by atoms with Gasteiger partial charge in [0.25, 0.3) is 0 Å². The number of anilines is 1. The Morgan fingerprint density at radius 3 is 2.19 bits per heavy atom. The molecule has 7 heteroatoms. The largest absolute Gasteiger partial charge is 0.316 e. The van der Waals surface area contributed by atoms with E-state index in [1.54, 1.807) is 0 Å². The third-order valence-corrected chi connectivity index (χ3v) is 8.49. The normalized spacial score (nSPS) is 15.8. The molecular formula is C24H22N2O3S2. The highest BCUT2D eigenvalue weighted by Gasteiger charge is 2.32. The van der Waals surface area contributed by atoms with Crippen molar-refractivity contribution in [2.75, 3.05) is 11.6 Å². The molecule has 4 rings (SSSR count). The average Bonchev–Trinajstić information content (AvgIpc) is 3.11. The number of thiophene rings is 1. The molecule has 5 nitrogen and oxygen atoms in total. The van der Waals surface area contributed by atoms with Crippen molar-refractivity contribution in [1.82, 2.24) is 0 Å². The lowest BCUT2D eigenvalue weighted by Gasteiger charge is -2.20. The van der Waals surface area contributed by atoms with Gasteiger partial charge in [0, 0.05) is 11.1 Å². The fourth-order valence-electron chi connectivity index (χ4n) is 4.10. The first-order chi connectivity index (χ1) is 14.9. The Bertz CT molecular complexity index is 1200. The maximum Gasteiger partial charge on any atom is 0.237 e. The summed E-state index contributed by atoms with van der Waals surface area (Å²) in [5.74, 6) is -0.732. The highest BCUT2D eigenvalue weighted by Crippen LogP contribution is 2.39. The molecule has 2 aromatic carbocycles. The lowest BCUT2D eigenvalue weighted by Crippen LogP contribution is -2.26. The minimum absolute atomic E-state index is 0.216. The van der Waals surface area contributed by atoms with Crippen LogP contribution < -0.4 is 5.32 Å². The highest BCUT2D eigenvalue weighted by atomic mass is 32.2. The first-order valence-corrected chi connectivity index (χ1v) is 12.8. The maximum atomic E-state index is 13.4. The zero-order valence-corrected chi connectivity index (χ0v) is 18.7. The van der Waals surface area contributed by atoms with Gasteiger partial charge in [-0.15, -0.1) is 11.3 Å². The Kier molecular flexibility index (Phi) is 5.94. The number of benzene rings is 2. The van der Waals surface area contributed by atoms with Crippen LogP contribution >= 0.6 is 11.3 Å². The van der Waals surface area contributed by atoms with Crippen LogP contribution in [-0.4, -0.2) is 25.8 Å². The van der Waals surface area contributed by atoms with Crippen LogP contribution in [0.25, 0.3) is 0 Å². The number of nitriles is 1. The summed E-state index contributed by atoms with van der Waals surface area (Å²) in [6.07, 6.45) is 2.68. The van der Waals surface area contributed by atoms with Crippen molar-refractivity contribution in [1.29, 1.82) is 5.26 Å². The third-order valence-electron chi connectivity index (χ3n) is 5.70. The molecule has 1 amide bonds. The number of hydrogen-bond acceptors (Lipinski definition) is 5. The first-order valence-electron chi connectivity index (χ1n) is 10.0. The van der Waals surface area contributed by atoms with E-state index in [-0.39, 0.29) is 5.91 Å². The lowest BCUT2D eigenvalue weighted by atomic mass is 9.90. The minimum atomic E-state index is -3.15. The van der Waals surface area contributed by atoms with Gasteiger partial charge in [0.2, 0.25) is 5.91 Å². The molecule has 0 bridgehead atoms. The average molecular weight is 451 g/mol. The molecule has 0 saturated carbocycles. The van der Waals surface area contributed by atoms with Crippen molar-refractivity contribution in [2.45, 2.75) is 30.4 Å². The quantitative estimate of drug-likeness (QED) is 0.628. The van der Waals surface area contributed by atoms with Crippen molar-refractivity contribution in [3.05, 3.63) is 87.8 Å². The SMILES string of the molecule is CS(=O)(=O)C1CCc2c(sc(NC(=O)C(c3ccccc3)c3ccccc3)c2C#N)C1. The number of nitrogens with zero attached hydrogens (tertiary/aromatic N) is 1. The van der Waals surface area contributed by atoms with Crippen molar-refractivity contribution in [3.63, 3.8) is 0 Å². The molecular weight excluding hydrogens is 428 g/mol. The number of amides is 1. The van der Waals surface area contributed by atoms with E-state index in [1.807, 2.05) is 60.7 Å². The molecule has 1 aliphatic carbocycles. The Morgan fingerprint density at radius 1 is 1.10 bits per heavy atom. The molecule has 1 aliphatic rings. The molecule has 1 aromatic heterocycles. The zero-order chi connectivity index (χ0) is 22.0. The molecule has 1 N–H and O–H groups in total. The fraction of sp³-hybridized carbons (Fsp3) is 0.250. The second-order valence-electron chi connectivity index (χ2n) is 7.76. The van der Waals surface area contributed by atoms with E-state index < -0.39 is 21.0 Å². The third kappa shape index (κ3) is 4.41. The van der Waals surface area contributed by atoms with Gasteiger partial charge in [-0.25, -0.2) is 8.42 Å². The Labute approximate surface area is 186 Å². The number of carbonyl (C=O) groups excluding carboxylic acids is 1. The number of rotatable bonds is 5. The van der Waals surface area contributed by atoms with Gasteiger partial charge in [-0.2, -0.15) is 5.26 Å². The number of hydrogen-bond donors (Lipinski definition) is 1. The van der Waals surface area contributed by atoms with Gasteiger partial charge in [-0.05, 0) is 36.0 Å². The van der Waals surface area contributed by atoms with E-state index in [0.29, 0.717) is 29.8 Å². The molecule has 0 aliphatic heterocycles. The van der Waals surface area contributed by atoms with E-state index >= 15 is 0 Å². The Balaban J connectivity index is 1.68. The maximum absolute atomic E-state index is 13.4. The first kappa shape index (κ1) is 21.3. The van der Waals surface area contributed by atoms with Crippen molar-refractivity contribution in [2.24, 2.45) is 0 Å². The van der Waals surface area contributed by atoms with Gasteiger partial charge < -0.3 is 5.32 Å². The van der Waals surface area contributed by atoms with Crippen molar-refractivity contribution < 1.29 is 13.2 Å². The van der Waals surface area contributed by atoms with Gasteiger partial charge in [0.15, 0.2) is 9.84 Å². The van der Waals surface area contributed by atoms with E-state index in [4.69, 9.17) is 0 Å². The van der Waals surface area contributed by atoms with Gasteiger partial charge in [0.05, 0.1) is 16.7 Å². The summed E-state index contributed by atoms with van der Waals surface area (Å²) in [6, 6.07) is 21.3. The van der Waals surface area contributed by atoms with Gasteiger partial charge in [-0.3, -0.25) is 4.79 Å². The van der Waals surface area contributed by atoms with E-state index in [1.165, 1.54) is 17.6 Å². The molecule has 1 unspecified atom stereocenters. The predicted molar refractivity (Wildman–Crippen MR) is 123 cm³/mol. The molecule has 0 radical (unpaired) electrons. The van der Waals surface area contributed by atoms with Crippen LogP contribution in [-0.2, 0) is 27.5 Å².